The zero-order chi connectivity index (χ0) is 9.73. The van der Waals surface area contributed by atoms with Gasteiger partial charge in [0, 0.05) is 18.3 Å². The average Bonchev–Trinajstić information content (AvgIpc) is 1.94. The van der Waals surface area contributed by atoms with Crippen molar-refractivity contribution >= 4 is 9.84 Å². The Balaban J connectivity index is 2.09. The summed E-state index contributed by atoms with van der Waals surface area (Å²) in [6, 6.07) is 0.594. The van der Waals surface area contributed by atoms with E-state index in [1.807, 2.05) is 6.92 Å². The van der Waals surface area contributed by atoms with Crippen molar-refractivity contribution in [3.63, 3.8) is 0 Å². The van der Waals surface area contributed by atoms with E-state index >= 15 is 0 Å². The Morgan fingerprint density at radius 1 is 1.31 bits per heavy atom. The van der Waals surface area contributed by atoms with Gasteiger partial charge in [-0.05, 0) is 19.3 Å². The molecular weight excluding hydrogens is 186 g/mol. The predicted molar refractivity (Wildman–Crippen MR) is 54.6 cm³/mol. The summed E-state index contributed by atoms with van der Waals surface area (Å²) in [6.07, 6.45) is 4.45. The second kappa shape index (κ2) is 4.96. The first-order valence-electron chi connectivity index (χ1n) is 5.08. The average molecular weight is 205 g/mol. The minimum Gasteiger partial charge on any atom is -0.313 e. The monoisotopic (exact) mass is 205 g/mol. The first-order valence-corrected chi connectivity index (χ1v) is 6.90. The van der Waals surface area contributed by atoms with Crippen molar-refractivity contribution in [3.8, 4) is 0 Å². The Morgan fingerprint density at radius 3 is 2.46 bits per heavy atom. The van der Waals surface area contributed by atoms with Crippen LogP contribution < -0.4 is 5.32 Å². The Morgan fingerprint density at radius 2 is 2.00 bits per heavy atom. The van der Waals surface area contributed by atoms with Crippen LogP contribution >= 0.6 is 0 Å². The van der Waals surface area contributed by atoms with Gasteiger partial charge in [-0.15, -0.1) is 0 Å². The zero-order valence-corrected chi connectivity index (χ0v) is 9.07. The maximum atomic E-state index is 11.3. The van der Waals surface area contributed by atoms with Gasteiger partial charge in [-0.1, -0.05) is 13.3 Å². The van der Waals surface area contributed by atoms with E-state index in [9.17, 15) is 8.42 Å². The maximum Gasteiger partial charge on any atom is 0.151 e. The topological polar surface area (TPSA) is 46.2 Å². The Labute approximate surface area is 80.8 Å². The van der Waals surface area contributed by atoms with Gasteiger partial charge >= 0.3 is 0 Å². The summed E-state index contributed by atoms with van der Waals surface area (Å²) in [6.45, 7) is 2.53. The van der Waals surface area contributed by atoms with E-state index in [4.69, 9.17) is 0 Å². The number of hydrogen-bond donors (Lipinski definition) is 1. The summed E-state index contributed by atoms with van der Waals surface area (Å²) in [5, 5.41) is 3.25. The molecule has 1 aliphatic carbocycles. The van der Waals surface area contributed by atoms with Crippen molar-refractivity contribution in [2.45, 2.75) is 38.6 Å². The second-order valence-corrected chi connectivity index (χ2v) is 6.04. The van der Waals surface area contributed by atoms with E-state index < -0.39 is 9.84 Å². The van der Waals surface area contributed by atoms with Gasteiger partial charge in [0.05, 0.1) is 5.75 Å². The Kier molecular flexibility index (Phi) is 4.19. The van der Waals surface area contributed by atoms with E-state index in [0.717, 1.165) is 6.42 Å². The molecule has 0 amide bonds. The van der Waals surface area contributed by atoms with Crippen molar-refractivity contribution in [1.82, 2.24) is 5.32 Å². The molecule has 1 rings (SSSR count). The van der Waals surface area contributed by atoms with Crippen LogP contribution in [-0.4, -0.2) is 32.5 Å². The highest BCUT2D eigenvalue weighted by Gasteiger charge is 2.17. The molecule has 13 heavy (non-hydrogen) atoms. The number of nitrogens with one attached hydrogen (secondary N) is 1. The maximum absolute atomic E-state index is 11.3. The Bertz CT molecular complexity index is 232. The van der Waals surface area contributed by atoms with E-state index in [0.29, 0.717) is 24.1 Å². The molecule has 0 unspecified atom stereocenters. The van der Waals surface area contributed by atoms with Crippen LogP contribution in [0.5, 0.6) is 0 Å². The largest absolute Gasteiger partial charge is 0.313 e. The molecule has 1 saturated carbocycles. The highest BCUT2D eigenvalue weighted by atomic mass is 32.2. The lowest BCUT2D eigenvalue weighted by Crippen LogP contribution is -2.38. The molecule has 0 saturated heterocycles. The number of sulfone groups is 1. The predicted octanol–water partition coefficient (Wildman–Crippen LogP) is 0.953. The quantitative estimate of drug-likeness (QED) is 0.702. The molecule has 0 aliphatic heterocycles. The first kappa shape index (κ1) is 11.0. The lowest BCUT2D eigenvalue weighted by Gasteiger charge is -2.26. The molecule has 78 valence electrons. The minimum atomic E-state index is -2.77. The van der Waals surface area contributed by atoms with Crippen molar-refractivity contribution < 1.29 is 8.42 Å². The van der Waals surface area contributed by atoms with Gasteiger partial charge in [-0.25, -0.2) is 8.42 Å². The van der Waals surface area contributed by atoms with E-state index in [1.54, 1.807) is 0 Å². The van der Waals surface area contributed by atoms with Gasteiger partial charge in [0.1, 0.15) is 0 Å². The molecule has 0 aromatic carbocycles. The third kappa shape index (κ3) is 4.09. The standard InChI is InChI=1S/C9H19NO2S/c1-2-7-13(11,12)8-6-10-9-4-3-5-9/h9-10H,2-8H2,1H3. The molecule has 1 fully saturated rings. The van der Waals surface area contributed by atoms with Crippen molar-refractivity contribution in [3.05, 3.63) is 0 Å². The van der Waals surface area contributed by atoms with E-state index in [1.165, 1.54) is 19.3 Å². The third-order valence-corrected chi connectivity index (χ3v) is 4.32. The lowest BCUT2D eigenvalue weighted by atomic mass is 9.93. The summed E-state index contributed by atoms with van der Waals surface area (Å²) < 4.78 is 22.6. The summed E-state index contributed by atoms with van der Waals surface area (Å²) in [4.78, 5) is 0. The first-order chi connectivity index (χ1) is 6.14. The molecule has 1 aliphatic rings. The molecule has 0 spiro atoms. The van der Waals surface area contributed by atoms with E-state index in [-0.39, 0.29) is 0 Å². The van der Waals surface area contributed by atoms with Crippen molar-refractivity contribution in [2.75, 3.05) is 18.1 Å². The van der Waals surface area contributed by atoms with Gasteiger partial charge in [-0.3, -0.25) is 0 Å². The van der Waals surface area contributed by atoms with Gasteiger partial charge in [0.15, 0.2) is 9.84 Å². The second-order valence-electron chi connectivity index (χ2n) is 3.73. The van der Waals surface area contributed by atoms with Crippen LogP contribution in [0.2, 0.25) is 0 Å². The van der Waals surface area contributed by atoms with Crippen LogP contribution in [0.1, 0.15) is 32.6 Å². The van der Waals surface area contributed by atoms with Gasteiger partial charge in [0.2, 0.25) is 0 Å². The highest BCUT2D eigenvalue weighted by Crippen LogP contribution is 2.17. The lowest BCUT2D eigenvalue weighted by molar-refractivity contribution is 0.346. The van der Waals surface area contributed by atoms with Crippen LogP contribution in [0, 0.1) is 0 Å². The molecule has 0 heterocycles. The van der Waals surface area contributed by atoms with Gasteiger partial charge in [0.25, 0.3) is 0 Å². The summed E-state index contributed by atoms with van der Waals surface area (Å²) in [5.41, 5.74) is 0. The fraction of sp³-hybridized carbons (Fsp3) is 1.00. The highest BCUT2D eigenvalue weighted by molar-refractivity contribution is 7.91. The molecular formula is C9H19NO2S. The molecule has 4 heteroatoms. The SMILES string of the molecule is CCCS(=O)(=O)CCNC1CCC1. The third-order valence-electron chi connectivity index (χ3n) is 2.47. The van der Waals surface area contributed by atoms with Crippen LogP contribution in [0.25, 0.3) is 0 Å². The molecule has 0 aromatic rings. The molecule has 0 atom stereocenters. The fourth-order valence-corrected chi connectivity index (χ4v) is 2.70. The summed E-state index contributed by atoms with van der Waals surface area (Å²) >= 11 is 0. The molecule has 0 radical (unpaired) electrons. The molecule has 0 bridgehead atoms. The molecule has 3 nitrogen and oxygen atoms in total. The van der Waals surface area contributed by atoms with Gasteiger partial charge in [-0.2, -0.15) is 0 Å². The zero-order valence-electron chi connectivity index (χ0n) is 8.25. The van der Waals surface area contributed by atoms with Crippen LogP contribution in [-0.2, 0) is 9.84 Å². The minimum absolute atomic E-state index is 0.303. The van der Waals surface area contributed by atoms with Crippen LogP contribution in [0.15, 0.2) is 0 Å². The van der Waals surface area contributed by atoms with Crippen LogP contribution in [0.4, 0.5) is 0 Å². The smallest absolute Gasteiger partial charge is 0.151 e. The fourth-order valence-electron chi connectivity index (χ4n) is 1.44. The Hall–Kier alpha value is -0.0900. The summed E-state index contributed by atoms with van der Waals surface area (Å²) in [5.74, 6) is 0.636. The van der Waals surface area contributed by atoms with Crippen LogP contribution in [0.3, 0.4) is 0 Å². The van der Waals surface area contributed by atoms with Crippen molar-refractivity contribution in [2.24, 2.45) is 0 Å². The molecule has 0 aromatic heterocycles. The molecule has 1 N–H and O–H groups in total. The van der Waals surface area contributed by atoms with Crippen molar-refractivity contribution in [1.29, 1.82) is 0 Å². The number of hydrogen-bond acceptors (Lipinski definition) is 3. The summed E-state index contributed by atoms with van der Waals surface area (Å²) in [7, 11) is -2.77. The van der Waals surface area contributed by atoms with Gasteiger partial charge < -0.3 is 5.32 Å². The van der Waals surface area contributed by atoms with E-state index in [2.05, 4.69) is 5.32 Å². The number of rotatable bonds is 6. The normalized spacial score (nSPS) is 18.5.